The maximum Gasteiger partial charge on any atom is 0.254 e. The Morgan fingerprint density at radius 1 is 0.943 bits per heavy atom. The summed E-state index contributed by atoms with van der Waals surface area (Å²) < 4.78 is 28.6. The van der Waals surface area contributed by atoms with E-state index in [0.717, 1.165) is 54.5 Å². The molecule has 1 amide bonds. The second-order valence-electron chi connectivity index (χ2n) is 9.73. The fourth-order valence-electron chi connectivity index (χ4n) is 5.68. The van der Waals surface area contributed by atoms with Gasteiger partial charge in [-0.05, 0) is 103 Å². The van der Waals surface area contributed by atoms with E-state index in [1.807, 2.05) is 35.4 Å². The van der Waals surface area contributed by atoms with Crippen LogP contribution in [0.15, 0.2) is 72.9 Å². The average Bonchev–Trinajstić information content (AvgIpc) is 3.37. The molecule has 4 nitrogen and oxygen atoms in total. The summed E-state index contributed by atoms with van der Waals surface area (Å²) >= 11 is 0. The number of H-pyrrole nitrogens is 1. The van der Waals surface area contributed by atoms with Crippen LogP contribution in [0.2, 0.25) is 0 Å². The quantitative estimate of drug-likeness (QED) is 0.397. The monoisotopic (exact) mass is 471 g/mol. The van der Waals surface area contributed by atoms with Gasteiger partial charge in [0.25, 0.3) is 5.91 Å². The zero-order valence-electron chi connectivity index (χ0n) is 19.4. The van der Waals surface area contributed by atoms with Crippen molar-refractivity contribution in [2.24, 2.45) is 5.92 Å². The van der Waals surface area contributed by atoms with Crippen LogP contribution >= 0.6 is 0 Å². The van der Waals surface area contributed by atoms with E-state index < -0.39 is 0 Å². The molecule has 3 aliphatic heterocycles. The summed E-state index contributed by atoms with van der Waals surface area (Å²) in [6, 6.07) is 18.9. The molecule has 1 atom stereocenters. The minimum atomic E-state index is -0.380. The van der Waals surface area contributed by atoms with Crippen molar-refractivity contribution in [3.8, 4) is 11.1 Å². The Hall–Kier alpha value is -3.51. The van der Waals surface area contributed by atoms with E-state index in [1.54, 1.807) is 6.07 Å². The molecule has 3 fully saturated rings. The summed E-state index contributed by atoms with van der Waals surface area (Å²) in [7, 11) is 0. The minimum Gasteiger partial charge on any atom is -0.361 e. The summed E-state index contributed by atoms with van der Waals surface area (Å²) in [6.07, 6.45) is 3.98. The van der Waals surface area contributed by atoms with Gasteiger partial charge in [-0.25, -0.2) is 8.78 Å². The fraction of sp³-hybridized carbons (Fsp3) is 0.276. The third-order valence-electron chi connectivity index (χ3n) is 7.65. The Morgan fingerprint density at radius 3 is 2.43 bits per heavy atom. The summed E-state index contributed by atoms with van der Waals surface area (Å²) in [5.41, 5.74) is 3.88. The lowest BCUT2D eigenvalue weighted by atomic mass is 9.82. The number of benzene rings is 3. The third-order valence-corrected chi connectivity index (χ3v) is 7.65. The third kappa shape index (κ3) is 4.23. The van der Waals surface area contributed by atoms with E-state index in [4.69, 9.17) is 0 Å². The Kier molecular flexibility index (Phi) is 5.61. The smallest absolute Gasteiger partial charge is 0.254 e. The van der Waals surface area contributed by atoms with Crippen LogP contribution in [0.25, 0.3) is 22.0 Å². The lowest BCUT2D eigenvalue weighted by Crippen LogP contribution is -2.58. The molecule has 3 saturated heterocycles. The highest BCUT2D eigenvalue weighted by Gasteiger charge is 2.39. The first-order valence-electron chi connectivity index (χ1n) is 12.2. The number of carbonyl (C=O) groups excluding carboxylic acids is 1. The van der Waals surface area contributed by atoms with Gasteiger partial charge >= 0.3 is 0 Å². The van der Waals surface area contributed by atoms with Gasteiger partial charge < -0.3 is 14.8 Å². The molecule has 35 heavy (non-hydrogen) atoms. The highest BCUT2D eigenvalue weighted by Crippen LogP contribution is 2.34. The van der Waals surface area contributed by atoms with Crippen LogP contribution in [0.5, 0.6) is 0 Å². The van der Waals surface area contributed by atoms with Crippen molar-refractivity contribution in [1.82, 2.24) is 14.8 Å². The number of aromatic amines is 1. The standard InChI is InChI=1S/C29H27F2N3O/c30-25-5-1-20(2-6-25)29(35)34(28-18-33-13-10-19(28)11-14-33)17-24-16-21(3-7-26(24)31)22-4-8-27-23(15-22)9-12-32-27/h1-9,12,15-16,19,28,32H,10-11,13-14,17-18H2/t28-/m0/s1. The molecule has 0 radical (unpaired) electrons. The molecule has 3 aliphatic rings. The molecular formula is C29H27F2N3O. The van der Waals surface area contributed by atoms with Gasteiger partial charge in [0, 0.05) is 42.0 Å². The number of rotatable bonds is 5. The predicted molar refractivity (Wildman–Crippen MR) is 133 cm³/mol. The molecule has 0 aliphatic carbocycles. The van der Waals surface area contributed by atoms with Crippen molar-refractivity contribution in [1.29, 1.82) is 0 Å². The Morgan fingerprint density at radius 2 is 1.69 bits per heavy atom. The number of nitrogens with one attached hydrogen (secondary N) is 1. The van der Waals surface area contributed by atoms with Crippen molar-refractivity contribution in [2.75, 3.05) is 19.6 Å². The number of aromatic nitrogens is 1. The van der Waals surface area contributed by atoms with Crippen LogP contribution in [0.4, 0.5) is 8.78 Å². The molecule has 4 aromatic rings. The van der Waals surface area contributed by atoms with E-state index >= 15 is 4.39 Å². The Labute approximate surface area is 203 Å². The molecule has 7 rings (SSSR count). The molecule has 4 heterocycles. The summed E-state index contributed by atoms with van der Waals surface area (Å²) in [5, 5.41) is 1.09. The first-order valence-corrected chi connectivity index (χ1v) is 12.2. The minimum absolute atomic E-state index is 0.00863. The van der Waals surface area contributed by atoms with Crippen molar-refractivity contribution in [2.45, 2.75) is 25.4 Å². The largest absolute Gasteiger partial charge is 0.361 e. The number of fused-ring (bicyclic) bond motifs is 4. The molecule has 1 N–H and O–H groups in total. The number of amides is 1. The zero-order valence-corrected chi connectivity index (χ0v) is 19.4. The van der Waals surface area contributed by atoms with Crippen molar-refractivity contribution < 1.29 is 13.6 Å². The van der Waals surface area contributed by atoms with Gasteiger partial charge in [0.05, 0.1) is 0 Å². The number of hydrogen-bond donors (Lipinski definition) is 1. The van der Waals surface area contributed by atoms with E-state index in [2.05, 4.69) is 16.0 Å². The maximum absolute atomic E-state index is 15.1. The van der Waals surface area contributed by atoms with E-state index in [1.165, 1.54) is 30.3 Å². The van der Waals surface area contributed by atoms with Crippen molar-refractivity contribution >= 4 is 16.8 Å². The van der Waals surface area contributed by atoms with Crippen LogP contribution in [-0.2, 0) is 6.54 Å². The topological polar surface area (TPSA) is 39.3 Å². The molecule has 178 valence electrons. The molecule has 1 aromatic heterocycles. The van der Waals surface area contributed by atoms with Crippen molar-refractivity contribution in [3.63, 3.8) is 0 Å². The number of hydrogen-bond acceptors (Lipinski definition) is 2. The predicted octanol–water partition coefficient (Wildman–Crippen LogP) is 5.85. The molecule has 0 spiro atoms. The first-order chi connectivity index (χ1) is 17.0. The molecule has 6 heteroatoms. The van der Waals surface area contributed by atoms with Crippen LogP contribution in [0, 0.1) is 17.6 Å². The summed E-state index contributed by atoms with van der Waals surface area (Å²) in [6.45, 7) is 3.07. The van der Waals surface area contributed by atoms with Crippen LogP contribution < -0.4 is 0 Å². The number of piperidine rings is 3. The zero-order chi connectivity index (χ0) is 23.9. The number of halogens is 2. The molecule has 2 bridgehead atoms. The SMILES string of the molecule is O=C(c1ccc(F)cc1)N(Cc1cc(-c2ccc3[nH]ccc3c2)ccc1F)[C@H]1CN2CCC1CC2. The van der Waals surface area contributed by atoms with Gasteiger partial charge in [-0.15, -0.1) is 0 Å². The lowest BCUT2D eigenvalue weighted by Gasteiger charge is -2.49. The molecule has 3 aromatic carbocycles. The number of carbonyl (C=O) groups is 1. The van der Waals surface area contributed by atoms with Gasteiger partial charge in [0.15, 0.2) is 0 Å². The average molecular weight is 472 g/mol. The lowest BCUT2D eigenvalue weighted by molar-refractivity contribution is 0.00434. The molecule has 0 unspecified atom stereocenters. The van der Waals surface area contributed by atoms with Gasteiger partial charge in [0.1, 0.15) is 11.6 Å². The van der Waals surface area contributed by atoms with E-state index in [-0.39, 0.29) is 30.1 Å². The van der Waals surface area contributed by atoms with Crippen LogP contribution in [0.3, 0.4) is 0 Å². The number of nitrogens with zero attached hydrogens (tertiary/aromatic N) is 2. The fourth-order valence-corrected chi connectivity index (χ4v) is 5.68. The normalized spacial score (nSPS) is 21.4. The van der Waals surface area contributed by atoms with Gasteiger partial charge in [-0.3, -0.25) is 4.79 Å². The van der Waals surface area contributed by atoms with Crippen LogP contribution in [0.1, 0.15) is 28.8 Å². The van der Waals surface area contributed by atoms with Crippen molar-refractivity contribution in [3.05, 3.63) is 95.7 Å². The summed E-state index contributed by atoms with van der Waals surface area (Å²) in [4.78, 5) is 21.1. The first kappa shape index (κ1) is 22.0. The van der Waals surface area contributed by atoms with Gasteiger partial charge in [-0.2, -0.15) is 0 Å². The summed E-state index contributed by atoms with van der Waals surface area (Å²) in [5.74, 6) is -0.488. The molecule has 0 saturated carbocycles. The van der Waals surface area contributed by atoms with Crippen LogP contribution in [-0.4, -0.2) is 46.4 Å². The van der Waals surface area contributed by atoms with E-state index in [0.29, 0.717) is 17.0 Å². The highest BCUT2D eigenvalue weighted by atomic mass is 19.1. The highest BCUT2D eigenvalue weighted by molar-refractivity contribution is 5.94. The van der Waals surface area contributed by atoms with E-state index in [9.17, 15) is 9.18 Å². The van der Waals surface area contributed by atoms with Gasteiger partial charge in [0.2, 0.25) is 0 Å². The van der Waals surface area contributed by atoms with Gasteiger partial charge in [-0.1, -0.05) is 12.1 Å². The second-order valence-corrected chi connectivity index (χ2v) is 9.73. The Bertz CT molecular complexity index is 1370. The Balaban J connectivity index is 1.36. The maximum atomic E-state index is 15.1. The molecular weight excluding hydrogens is 444 g/mol. The second kappa shape index (κ2) is 8.93.